The van der Waals surface area contributed by atoms with E-state index in [0.717, 1.165) is 24.1 Å². The van der Waals surface area contributed by atoms with Gasteiger partial charge >= 0.3 is 0 Å². The second kappa shape index (κ2) is 8.13. The average Bonchev–Trinajstić information content (AvgIpc) is 2.77. The molecule has 0 saturated heterocycles. The second-order valence-electron chi connectivity index (χ2n) is 5.64. The minimum absolute atomic E-state index is 0.0173. The highest BCUT2D eigenvalue weighted by Gasteiger charge is 2.27. The highest BCUT2D eigenvalue weighted by molar-refractivity contribution is 6.02. The standard InChI is InChI=1S/C17H28N2O3/c1-7-14(8-2)19(9-10-22-6)17(21)16-11(3)15(13(5)20)12(4)18-16/h14,18H,7-10H2,1-6H3. The number of hydrogen-bond donors (Lipinski definition) is 1. The predicted octanol–water partition coefficient (Wildman–Crippen LogP) is 3.11. The Morgan fingerprint density at radius 1 is 1.23 bits per heavy atom. The fourth-order valence-corrected chi connectivity index (χ4v) is 3.00. The van der Waals surface area contributed by atoms with Crippen LogP contribution in [0.25, 0.3) is 0 Å². The van der Waals surface area contributed by atoms with Gasteiger partial charge in [-0.1, -0.05) is 13.8 Å². The summed E-state index contributed by atoms with van der Waals surface area (Å²) in [6.45, 7) is 10.4. The molecule has 0 bridgehead atoms. The predicted molar refractivity (Wildman–Crippen MR) is 87.6 cm³/mol. The molecule has 0 aliphatic heterocycles. The zero-order chi connectivity index (χ0) is 16.9. The number of aryl methyl sites for hydroxylation is 1. The van der Waals surface area contributed by atoms with Crippen LogP contribution in [0.4, 0.5) is 0 Å². The summed E-state index contributed by atoms with van der Waals surface area (Å²) in [5.74, 6) is -0.0740. The van der Waals surface area contributed by atoms with E-state index in [2.05, 4.69) is 18.8 Å². The molecule has 5 heteroatoms. The van der Waals surface area contributed by atoms with Crippen LogP contribution in [-0.4, -0.2) is 47.9 Å². The smallest absolute Gasteiger partial charge is 0.270 e. The highest BCUT2D eigenvalue weighted by Crippen LogP contribution is 2.21. The molecular weight excluding hydrogens is 280 g/mol. The van der Waals surface area contributed by atoms with Crippen LogP contribution in [0.15, 0.2) is 0 Å². The van der Waals surface area contributed by atoms with E-state index in [0.29, 0.717) is 24.4 Å². The Kier molecular flexibility index (Phi) is 6.81. The molecular formula is C17H28N2O3. The lowest BCUT2D eigenvalue weighted by molar-refractivity contribution is 0.0583. The lowest BCUT2D eigenvalue weighted by Gasteiger charge is -2.30. The van der Waals surface area contributed by atoms with Crippen molar-refractivity contribution in [2.45, 2.75) is 53.5 Å². The van der Waals surface area contributed by atoms with Crippen LogP contribution in [-0.2, 0) is 4.74 Å². The van der Waals surface area contributed by atoms with E-state index in [9.17, 15) is 9.59 Å². The number of methoxy groups -OCH3 is 1. The molecule has 0 spiro atoms. The minimum Gasteiger partial charge on any atom is -0.383 e. The van der Waals surface area contributed by atoms with Crippen molar-refractivity contribution in [2.75, 3.05) is 20.3 Å². The maximum atomic E-state index is 12.9. The number of carbonyl (C=O) groups is 2. The molecule has 0 aliphatic rings. The average molecular weight is 308 g/mol. The van der Waals surface area contributed by atoms with Gasteiger partial charge in [0, 0.05) is 31.0 Å². The van der Waals surface area contributed by atoms with Crippen LogP contribution in [0.1, 0.15) is 65.7 Å². The van der Waals surface area contributed by atoms with Crippen LogP contribution in [0.2, 0.25) is 0 Å². The maximum Gasteiger partial charge on any atom is 0.270 e. The molecule has 0 unspecified atom stereocenters. The molecule has 0 atom stereocenters. The molecule has 1 aromatic rings. The molecule has 0 fully saturated rings. The van der Waals surface area contributed by atoms with Crippen molar-refractivity contribution in [2.24, 2.45) is 0 Å². The fraction of sp³-hybridized carbons (Fsp3) is 0.647. The maximum absolute atomic E-state index is 12.9. The number of ketones is 1. The van der Waals surface area contributed by atoms with Crippen LogP contribution in [0.3, 0.4) is 0 Å². The quantitative estimate of drug-likeness (QED) is 0.751. The van der Waals surface area contributed by atoms with Gasteiger partial charge < -0.3 is 14.6 Å². The van der Waals surface area contributed by atoms with E-state index < -0.39 is 0 Å². The number of rotatable bonds is 8. The number of aromatic nitrogens is 1. The molecule has 5 nitrogen and oxygen atoms in total. The summed E-state index contributed by atoms with van der Waals surface area (Å²) in [4.78, 5) is 29.6. The first-order valence-electron chi connectivity index (χ1n) is 7.88. The number of aromatic amines is 1. The van der Waals surface area contributed by atoms with Gasteiger partial charge in [-0.05, 0) is 39.2 Å². The lowest BCUT2D eigenvalue weighted by atomic mass is 10.1. The van der Waals surface area contributed by atoms with Crippen molar-refractivity contribution in [1.82, 2.24) is 9.88 Å². The molecule has 0 aliphatic carbocycles. The van der Waals surface area contributed by atoms with Crippen molar-refractivity contribution >= 4 is 11.7 Å². The third-order valence-electron chi connectivity index (χ3n) is 4.18. The molecule has 0 saturated carbocycles. The highest BCUT2D eigenvalue weighted by atomic mass is 16.5. The van der Waals surface area contributed by atoms with Crippen molar-refractivity contribution in [3.8, 4) is 0 Å². The molecule has 1 aromatic heterocycles. The Bertz CT molecular complexity index is 530. The van der Waals surface area contributed by atoms with Crippen LogP contribution in [0, 0.1) is 13.8 Å². The summed E-state index contributed by atoms with van der Waals surface area (Å²) in [5, 5.41) is 0. The SMILES string of the molecule is CCC(CC)N(CCOC)C(=O)c1[nH]c(C)c(C(C)=O)c1C. The van der Waals surface area contributed by atoms with Gasteiger partial charge in [0.15, 0.2) is 5.78 Å². The minimum atomic E-state index is -0.0566. The summed E-state index contributed by atoms with van der Waals surface area (Å²) in [6.07, 6.45) is 1.79. The molecule has 1 heterocycles. The molecule has 124 valence electrons. The Balaban J connectivity index is 3.18. The van der Waals surface area contributed by atoms with Crippen LogP contribution in [0.5, 0.6) is 0 Å². The number of H-pyrrole nitrogens is 1. The molecule has 0 radical (unpaired) electrons. The Labute approximate surface area is 133 Å². The summed E-state index contributed by atoms with van der Waals surface area (Å²) < 4.78 is 5.14. The third-order valence-corrected chi connectivity index (χ3v) is 4.18. The van der Waals surface area contributed by atoms with Crippen molar-refractivity contribution < 1.29 is 14.3 Å². The summed E-state index contributed by atoms with van der Waals surface area (Å²) >= 11 is 0. The third kappa shape index (κ3) is 3.77. The number of nitrogens with one attached hydrogen (secondary N) is 1. The van der Waals surface area contributed by atoms with Gasteiger partial charge in [-0.2, -0.15) is 0 Å². The molecule has 1 amide bonds. The number of carbonyl (C=O) groups excluding carboxylic acids is 2. The number of amides is 1. The molecule has 22 heavy (non-hydrogen) atoms. The van der Waals surface area contributed by atoms with Crippen LogP contribution < -0.4 is 0 Å². The van der Waals surface area contributed by atoms with E-state index in [1.807, 2.05) is 18.7 Å². The molecule has 0 aromatic carbocycles. The monoisotopic (exact) mass is 308 g/mol. The Hall–Kier alpha value is -1.62. The van der Waals surface area contributed by atoms with E-state index >= 15 is 0 Å². The van der Waals surface area contributed by atoms with E-state index in [4.69, 9.17) is 4.74 Å². The molecule has 1 rings (SSSR count). The summed E-state index contributed by atoms with van der Waals surface area (Å²) in [7, 11) is 1.63. The topological polar surface area (TPSA) is 62.4 Å². The fourth-order valence-electron chi connectivity index (χ4n) is 3.00. The van der Waals surface area contributed by atoms with Gasteiger partial charge in [0.05, 0.1) is 6.61 Å². The van der Waals surface area contributed by atoms with E-state index in [-0.39, 0.29) is 17.7 Å². The number of hydrogen-bond acceptors (Lipinski definition) is 3. The Morgan fingerprint density at radius 2 is 1.82 bits per heavy atom. The second-order valence-corrected chi connectivity index (χ2v) is 5.64. The Morgan fingerprint density at radius 3 is 2.23 bits per heavy atom. The zero-order valence-corrected chi connectivity index (χ0v) is 14.6. The van der Waals surface area contributed by atoms with Crippen molar-refractivity contribution in [1.29, 1.82) is 0 Å². The number of ether oxygens (including phenoxy) is 1. The van der Waals surface area contributed by atoms with Gasteiger partial charge in [0.1, 0.15) is 5.69 Å². The van der Waals surface area contributed by atoms with Crippen molar-refractivity contribution in [3.05, 3.63) is 22.5 Å². The van der Waals surface area contributed by atoms with Gasteiger partial charge in [-0.25, -0.2) is 0 Å². The van der Waals surface area contributed by atoms with Crippen molar-refractivity contribution in [3.63, 3.8) is 0 Å². The van der Waals surface area contributed by atoms with E-state index in [1.165, 1.54) is 6.92 Å². The van der Waals surface area contributed by atoms with E-state index in [1.54, 1.807) is 7.11 Å². The first-order chi connectivity index (χ1) is 10.4. The summed E-state index contributed by atoms with van der Waals surface area (Å²) in [5.41, 5.74) is 2.64. The first-order valence-corrected chi connectivity index (χ1v) is 7.88. The van der Waals surface area contributed by atoms with Gasteiger partial charge in [-0.3, -0.25) is 9.59 Å². The summed E-state index contributed by atoms with van der Waals surface area (Å²) in [6, 6.07) is 0.173. The first kappa shape index (κ1) is 18.4. The number of nitrogens with zero attached hydrogens (tertiary/aromatic N) is 1. The number of Topliss-reactive ketones (excluding diaryl/α,β-unsaturated/α-hetero) is 1. The normalized spacial score (nSPS) is 11.0. The van der Waals surface area contributed by atoms with Gasteiger partial charge in [0.25, 0.3) is 5.91 Å². The zero-order valence-electron chi connectivity index (χ0n) is 14.6. The van der Waals surface area contributed by atoms with Gasteiger partial charge in [0.2, 0.25) is 0 Å². The van der Waals surface area contributed by atoms with Crippen LogP contribution >= 0.6 is 0 Å². The lowest BCUT2D eigenvalue weighted by Crippen LogP contribution is -2.42. The largest absolute Gasteiger partial charge is 0.383 e. The molecule has 1 N–H and O–H groups in total. The van der Waals surface area contributed by atoms with Gasteiger partial charge in [-0.15, -0.1) is 0 Å².